The molecule has 4 rings (SSSR count). The van der Waals surface area contributed by atoms with E-state index in [-0.39, 0.29) is 17.7 Å². The van der Waals surface area contributed by atoms with Crippen molar-refractivity contribution in [1.29, 1.82) is 0 Å². The zero-order chi connectivity index (χ0) is 17.4. The molecule has 2 aliphatic heterocycles. The van der Waals surface area contributed by atoms with E-state index in [9.17, 15) is 9.59 Å². The summed E-state index contributed by atoms with van der Waals surface area (Å²) in [4.78, 5) is 25.7. The molecule has 3 unspecified atom stereocenters. The number of rotatable bonds is 5. The molecule has 2 saturated heterocycles. The van der Waals surface area contributed by atoms with Crippen LogP contribution in [0.2, 0.25) is 0 Å². The number of fused-ring (bicyclic) bond motifs is 2. The van der Waals surface area contributed by atoms with Gasteiger partial charge >= 0.3 is 0 Å². The topological polar surface area (TPSA) is 58.2 Å². The lowest BCUT2D eigenvalue weighted by Crippen LogP contribution is -2.42. The fourth-order valence-electron chi connectivity index (χ4n) is 3.59. The van der Waals surface area contributed by atoms with Crippen LogP contribution in [0.15, 0.2) is 45.5 Å². The number of thiophene rings is 1. The summed E-state index contributed by atoms with van der Waals surface area (Å²) >= 11 is 3.12. The van der Waals surface area contributed by atoms with E-state index < -0.39 is 0 Å². The summed E-state index contributed by atoms with van der Waals surface area (Å²) in [7, 11) is 0. The van der Waals surface area contributed by atoms with Gasteiger partial charge in [-0.05, 0) is 62.6 Å². The average molecular weight is 373 g/mol. The molecule has 1 aromatic carbocycles. The van der Waals surface area contributed by atoms with Crippen LogP contribution >= 0.6 is 23.1 Å². The highest BCUT2D eigenvalue weighted by atomic mass is 32.2. The highest BCUT2D eigenvalue weighted by Gasteiger charge is 2.39. The maximum absolute atomic E-state index is 12.4. The summed E-state index contributed by atoms with van der Waals surface area (Å²) < 4.78 is 1.08. The van der Waals surface area contributed by atoms with Crippen molar-refractivity contribution < 1.29 is 9.59 Å². The van der Waals surface area contributed by atoms with Gasteiger partial charge in [-0.15, -0.1) is 11.3 Å². The third-order valence-electron chi connectivity index (χ3n) is 4.88. The molecule has 1 aromatic heterocycles. The van der Waals surface area contributed by atoms with Crippen molar-refractivity contribution in [3.63, 3.8) is 0 Å². The van der Waals surface area contributed by atoms with Gasteiger partial charge in [0.05, 0.1) is 9.09 Å². The van der Waals surface area contributed by atoms with Crippen molar-refractivity contribution in [3.05, 3.63) is 46.8 Å². The van der Waals surface area contributed by atoms with Gasteiger partial charge in [0, 0.05) is 28.6 Å². The molecule has 6 heteroatoms. The van der Waals surface area contributed by atoms with Gasteiger partial charge in [-0.3, -0.25) is 9.59 Å². The largest absolute Gasteiger partial charge is 0.348 e. The van der Waals surface area contributed by atoms with Gasteiger partial charge in [0.2, 0.25) is 0 Å². The molecule has 0 spiro atoms. The van der Waals surface area contributed by atoms with Crippen molar-refractivity contribution in [2.75, 3.05) is 0 Å². The molecule has 0 saturated carbocycles. The first-order valence-corrected chi connectivity index (χ1v) is 10.2. The summed E-state index contributed by atoms with van der Waals surface area (Å²) in [6.45, 7) is 1.58. The molecule has 4 nitrogen and oxygen atoms in total. The first-order valence-electron chi connectivity index (χ1n) is 8.54. The maximum atomic E-state index is 12.4. The lowest BCUT2D eigenvalue weighted by molar-refractivity contribution is 0.0930. The Morgan fingerprint density at radius 3 is 2.56 bits per heavy atom. The van der Waals surface area contributed by atoms with Gasteiger partial charge in [0.25, 0.3) is 5.91 Å². The van der Waals surface area contributed by atoms with Crippen LogP contribution < -0.4 is 10.6 Å². The van der Waals surface area contributed by atoms with Gasteiger partial charge in [-0.25, -0.2) is 0 Å². The van der Waals surface area contributed by atoms with E-state index in [0.717, 1.165) is 26.8 Å². The number of carbonyl (C=O) groups is 2. The van der Waals surface area contributed by atoms with Crippen LogP contribution in [0.3, 0.4) is 0 Å². The molecular weight excluding hydrogens is 352 g/mol. The summed E-state index contributed by atoms with van der Waals surface area (Å²) in [6.07, 6.45) is 3.44. The fraction of sp³-hybridized carbons (Fsp3) is 0.368. The number of hydrogen-bond donors (Lipinski definition) is 2. The molecule has 2 aliphatic rings. The molecule has 3 heterocycles. The van der Waals surface area contributed by atoms with Crippen molar-refractivity contribution >= 4 is 34.8 Å². The number of amides is 1. The SMILES string of the molecule is CC(=O)c1ccc(Sc2ccc(C(=O)NC3CC4CCC3N4)cc2)s1. The number of carbonyl (C=O) groups excluding carboxylic acids is 2. The van der Waals surface area contributed by atoms with Gasteiger partial charge in [0.1, 0.15) is 0 Å². The van der Waals surface area contributed by atoms with Crippen molar-refractivity contribution in [2.45, 2.75) is 53.4 Å². The Morgan fingerprint density at radius 1 is 1.16 bits per heavy atom. The van der Waals surface area contributed by atoms with Crippen LogP contribution in [0.25, 0.3) is 0 Å². The molecule has 2 bridgehead atoms. The monoisotopic (exact) mass is 372 g/mol. The maximum Gasteiger partial charge on any atom is 0.251 e. The molecule has 25 heavy (non-hydrogen) atoms. The Bertz CT molecular complexity index is 800. The minimum Gasteiger partial charge on any atom is -0.348 e. The molecule has 2 fully saturated rings. The van der Waals surface area contributed by atoms with E-state index in [4.69, 9.17) is 0 Å². The molecule has 3 atom stereocenters. The van der Waals surface area contributed by atoms with Gasteiger partial charge in [-0.1, -0.05) is 11.8 Å². The Hall–Kier alpha value is -1.63. The Labute approximate surface area is 155 Å². The minimum absolute atomic E-state index is 0.00545. The number of benzene rings is 1. The van der Waals surface area contributed by atoms with Crippen LogP contribution in [0.4, 0.5) is 0 Å². The summed E-state index contributed by atoms with van der Waals surface area (Å²) in [5.74, 6) is 0.102. The third-order valence-corrected chi connectivity index (χ3v) is 7.21. The van der Waals surface area contributed by atoms with E-state index >= 15 is 0 Å². The predicted molar refractivity (Wildman–Crippen MR) is 101 cm³/mol. The summed E-state index contributed by atoms with van der Waals surface area (Å²) in [6, 6.07) is 12.8. The molecule has 2 aromatic rings. The quantitative estimate of drug-likeness (QED) is 0.786. The number of Topliss-reactive ketones (excluding diaryl/α,β-unsaturated/α-hetero) is 1. The normalized spacial score (nSPS) is 24.4. The average Bonchev–Trinajstić information content (AvgIpc) is 3.32. The van der Waals surface area contributed by atoms with Crippen LogP contribution in [0.1, 0.15) is 46.2 Å². The van der Waals surface area contributed by atoms with E-state index in [1.807, 2.05) is 36.4 Å². The molecule has 130 valence electrons. The second-order valence-corrected chi connectivity index (χ2v) is 9.12. The highest BCUT2D eigenvalue weighted by Crippen LogP contribution is 2.34. The van der Waals surface area contributed by atoms with Crippen molar-refractivity contribution in [2.24, 2.45) is 0 Å². The Morgan fingerprint density at radius 2 is 1.96 bits per heavy atom. The second kappa shape index (κ2) is 6.94. The molecular formula is C19H20N2O2S2. The van der Waals surface area contributed by atoms with Crippen LogP contribution in [0, 0.1) is 0 Å². The summed E-state index contributed by atoms with van der Waals surface area (Å²) in [5, 5.41) is 6.71. The van der Waals surface area contributed by atoms with Crippen LogP contribution in [0.5, 0.6) is 0 Å². The van der Waals surface area contributed by atoms with Gasteiger partial charge in [0.15, 0.2) is 5.78 Å². The van der Waals surface area contributed by atoms with Gasteiger partial charge < -0.3 is 10.6 Å². The lowest BCUT2D eigenvalue weighted by Gasteiger charge is -2.21. The third kappa shape index (κ3) is 3.66. The summed E-state index contributed by atoms with van der Waals surface area (Å²) in [5.41, 5.74) is 0.697. The van der Waals surface area contributed by atoms with E-state index in [0.29, 0.717) is 17.6 Å². The Balaban J connectivity index is 1.37. The smallest absolute Gasteiger partial charge is 0.251 e. The molecule has 0 aliphatic carbocycles. The fourth-order valence-corrected chi connectivity index (χ4v) is 5.59. The first kappa shape index (κ1) is 16.8. The second-order valence-electron chi connectivity index (χ2n) is 6.66. The number of nitrogens with one attached hydrogen (secondary N) is 2. The predicted octanol–water partition coefficient (Wildman–Crippen LogP) is 3.72. The molecule has 2 N–H and O–H groups in total. The van der Waals surface area contributed by atoms with E-state index in [1.165, 1.54) is 17.8 Å². The zero-order valence-electron chi connectivity index (χ0n) is 14.0. The van der Waals surface area contributed by atoms with Crippen LogP contribution in [-0.2, 0) is 0 Å². The number of hydrogen-bond acceptors (Lipinski definition) is 5. The minimum atomic E-state index is 0.00545. The van der Waals surface area contributed by atoms with Crippen LogP contribution in [-0.4, -0.2) is 29.8 Å². The number of ketones is 1. The first-order chi connectivity index (χ1) is 12.1. The van der Waals surface area contributed by atoms with E-state index in [1.54, 1.807) is 18.7 Å². The highest BCUT2D eigenvalue weighted by molar-refractivity contribution is 8.01. The zero-order valence-corrected chi connectivity index (χ0v) is 15.6. The molecule has 1 amide bonds. The standard InChI is InChI=1S/C19H20N2O2S2/c1-11(22)17-8-9-18(25-17)24-14-5-2-12(3-6-14)19(23)21-16-10-13-4-7-15(16)20-13/h2-3,5-6,8-9,13,15-16,20H,4,7,10H2,1H3,(H,21,23). The van der Waals surface area contributed by atoms with Crippen molar-refractivity contribution in [3.8, 4) is 0 Å². The van der Waals surface area contributed by atoms with Crippen molar-refractivity contribution in [1.82, 2.24) is 10.6 Å². The lowest BCUT2D eigenvalue weighted by atomic mass is 9.95. The van der Waals surface area contributed by atoms with Gasteiger partial charge in [-0.2, -0.15) is 0 Å². The van der Waals surface area contributed by atoms with E-state index in [2.05, 4.69) is 10.6 Å². The Kier molecular flexibility index (Phi) is 4.67. The molecule has 0 radical (unpaired) electrons.